The summed E-state index contributed by atoms with van der Waals surface area (Å²) in [6.07, 6.45) is 0. The van der Waals surface area contributed by atoms with Crippen LogP contribution in [-0.4, -0.2) is 26.7 Å². The molecule has 0 aliphatic rings. The van der Waals surface area contributed by atoms with Gasteiger partial charge in [-0.1, -0.05) is 0 Å². The molecular formula is C4H16Cl2O2P2Zr. The molecule has 0 unspecified atom stereocenters. The van der Waals surface area contributed by atoms with Gasteiger partial charge < -0.3 is 9.13 Å². The van der Waals surface area contributed by atoms with Crippen molar-refractivity contribution in [3.8, 4) is 0 Å². The average molecular weight is 320 g/mol. The average Bonchev–Trinajstić information content (AvgIpc) is 1.25. The zero-order valence-corrected chi connectivity index (χ0v) is 13.2. The minimum absolute atomic E-state index is 0. The Morgan fingerprint density at radius 1 is 0.727 bits per heavy atom. The second kappa shape index (κ2) is 22.7. The van der Waals surface area contributed by atoms with Crippen molar-refractivity contribution in [2.45, 2.75) is 0 Å². The first kappa shape index (κ1) is 29.3. The fraction of sp³-hybridized carbons (Fsp3) is 1.00. The maximum atomic E-state index is 9.63. The van der Waals surface area contributed by atoms with Gasteiger partial charge >= 0.3 is 0 Å². The summed E-state index contributed by atoms with van der Waals surface area (Å²) >= 11 is 0. The summed E-state index contributed by atoms with van der Waals surface area (Å²) in [7, 11) is -2.26. The fourth-order valence-corrected chi connectivity index (χ4v) is 0. The summed E-state index contributed by atoms with van der Waals surface area (Å²) in [5.41, 5.74) is 0. The Hall–Kier alpha value is 1.92. The molecule has 7 heteroatoms. The third kappa shape index (κ3) is 317. The Morgan fingerprint density at radius 2 is 0.727 bits per heavy atom. The first-order valence-corrected chi connectivity index (χ1v) is 7.22. The van der Waals surface area contributed by atoms with Gasteiger partial charge in [-0.15, -0.1) is 24.8 Å². The molecule has 0 atom stereocenters. The minimum atomic E-state index is -1.13. The van der Waals surface area contributed by atoms with Crippen molar-refractivity contribution in [3.05, 3.63) is 0 Å². The third-order valence-corrected chi connectivity index (χ3v) is 0. The van der Waals surface area contributed by atoms with Crippen molar-refractivity contribution in [1.82, 2.24) is 0 Å². The first-order chi connectivity index (χ1) is 3.46. The number of rotatable bonds is 0. The Morgan fingerprint density at radius 3 is 0.727 bits per heavy atom. The molecule has 0 aromatic carbocycles. The van der Waals surface area contributed by atoms with Gasteiger partial charge in [0.25, 0.3) is 0 Å². The number of hydrogen-bond donors (Lipinski definition) is 0. The number of halogens is 2. The SMILES string of the molecule is C[PH](C)=O.C[PH](C)=O.Cl.Cl.[Zr]. The van der Waals surface area contributed by atoms with E-state index in [-0.39, 0.29) is 51.0 Å². The summed E-state index contributed by atoms with van der Waals surface area (Å²) in [5.74, 6) is 0. The van der Waals surface area contributed by atoms with Crippen molar-refractivity contribution in [2.24, 2.45) is 0 Å². The van der Waals surface area contributed by atoms with E-state index in [4.69, 9.17) is 0 Å². The molecule has 0 radical (unpaired) electrons. The predicted octanol–water partition coefficient (Wildman–Crippen LogP) is 2.45. The van der Waals surface area contributed by atoms with Crippen molar-refractivity contribution >= 4 is 40.4 Å². The van der Waals surface area contributed by atoms with Crippen LogP contribution in [0.15, 0.2) is 0 Å². The standard InChI is InChI=1S/2C2H7OP.2ClH.Zr/c2*1-4(2)3;;;/h2*4H,1-2H3;2*1H;. The van der Waals surface area contributed by atoms with Crippen LogP contribution in [0.5, 0.6) is 0 Å². The second-order valence-corrected chi connectivity index (χ2v) is 5.45. The van der Waals surface area contributed by atoms with E-state index in [2.05, 4.69) is 0 Å². The topological polar surface area (TPSA) is 34.1 Å². The minimum Gasteiger partial charge on any atom is -0.327 e. The van der Waals surface area contributed by atoms with Crippen molar-refractivity contribution in [1.29, 1.82) is 0 Å². The van der Waals surface area contributed by atoms with Gasteiger partial charge in [-0.3, -0.25) is 0 Å². The molecular weight excluding hydrogens is 304 g/mol. The molecule has 0 aliphatic heterocycles. The molecule has 0 amide bonds. The van der Waals surface area contributed by atoms with Gasteiger partial charge in [-0.2, -0.15) is 0 Å². The van der Waals surface area contributed by atoms with Crippen LogP contribution in [0, 0.1) is 0 Å². The molecule has 0 N–H and O–H groups in total. The van der Waals surface area contributed by atoms with Crippen LogP contribution in [0.1, 0.15) is 0 Å². The zero-order valence-electron chi connectivity index (χ0n) is 7.13. The Labute approximate surface area is 102 Å². The fourth-order valence-electron chi connectivity index (χ4n) is 0. The molecule has 0 rings (SSSR count). The normalized spacial score (nSPS) is 6.36. The molecule has 0 fully saturated rings. The smallest absolute Gasteiger partial charge is 0.0703 e. The zero-order chi connectivity index (χ0) is 7.15. The summed E-state index contributed by atoms with van der Waals surface area (Å²) in [6, 6.07) is 0. The van der Waals surface area contributed by atoms with E-state index in [9.17, 15) is 9.13 Å². The molecule has 0 saturated heterocycles. The van der Waals surface area contributed by atoms with Crippen LogP contribution in [0.3, 0.4) is 0 Å². The Balaban J connectivity index is -0.0000000171. The van der Waals surface area contributed by atoms with E-state index in [1.54, 1.807) is 26.7 Å². The quantitative estimate of drug-likeness (QED) is 0.643. The van der Waals surface area contributed by atoms with E-state index in [1.165, 1.54) is 0 Å². The molecule has 0 aliphatic carbocycles. The largest absolute Gasteiger partial charge is 0.327 e. The first-order valence-electron chi connectivity index (χ1n) is 2.41. The Bertz CT molecular complexity index is 82.1. The van der Waals surface area contributed by atoms with Crippen LogP contribution < -0.4 is 0 Å². The van der Waals surface area contributed by atoms with Crippen molar-refractivity contribution in [2.75, 3.05) is 26.7 Å². The third-order valence-electron chi connectivity index (χ3n) is 0. The van der Waals surface area contributed by atoms with E-state index < -0.39 is 15.6 Å². The molecule has 0 saturated carbocycles. The molecule has 0 aromatic rings. The van der Waals surface area contributed by atoms with Gasteiger partial charge in [0.2, 0.25) is 0 Å². The molecule has 0 bridgehead atoms. The van der Waals surface area contributed by atoms with Gasteiger partial charge in [0.15, 0.2) is 0 Å². The van der Waals surface area contributed by atoms with Crippen LogP contribution in [0.4, 0.5) is 0 Å². The number of hydrogen-bond acceptors (Lipinski definition) is 2. The summed E-state index contributed by atoms with van der Waals surface area (Å²) in [6.45, 7) is 6.85. The van der Waals surface area contributed by atoms with Crippen LogP contribution >= 0.6 is 40.4 Å². The molecule has 11 heavy (non-hydrogen) atoms. The molecule has 0 aromatic heterocycles. The molecule has 0 heterocycles. The van der Waals surface area contributed by atoms with Gasteiger partial charge in [-0.25, -0.2) is 0 Å². The van der Waals surface area contributed by atoms with E-state index >= 15 is 0 Å². The maximum Gasteiger partial charge on any atom is 0.0703 e. The Kier molecular flexibility index (Phi) is 60.3. The predicted molar refractivity (Wildman–Crippen MR) is 56.2 cm³/mol. The summed E-state index contributed by atoms with van der Waals surface area (Å²) < 4.78 is 19.3. The van der Waals surface area contributed by atoms with E-state index in [0.29, 0.717) is 0 Å². The van der Waals surface area contributed by atoms with Crippen LogP contribution in [0.25, 0.3) is 0 Å². The van der Waals surface area contributed by atoms with Crippen LogP contribution in [-0.2, 0) is 35.3 Å². The monoisotopic (exact) mass is 318 g/mol. The summed E-state index contributed by atoms with van der Waals surface area (Å²) in [5, 5.41) is 0. The van der Waals surface area contributed by atoms with Gasteiger partial charge in [0, 0.05) is 26.2 Å². The molecule has 0 spiro atoms. The van der Waals surface area contributed by atoms with E-state index in [1.807, 2.05) is 0 Å². The molecule has 72 valence electrons. The van der Waals surface area contributed by atoms with Crippen molar-refractivity contribution < 1.29 is 35.3 Å². The van der Waals surface area contributed by atoms with Gasteiger partial charge in [-0.05, 0) is 26.7 Å². The van der Waals surface area contributed by atoms with E-state index in [0.717, 1.165) is 0 Å². The molecule has 2 nitrogen and oxygen atoms in total. The summed E-state index contributed by atoms with van der Waals surface area (Å²) in [4.78, 5) is 0. The second-order valence-electron chi connectivity index (χ2n) is 1.82. The van der Waals surface area contributed by atoms with Crippen LogP contribution in [0.2, 0.25) is 0 Å². The maximum absolute atomic E-state index is 9.63. The van der Waals surface area contributed by atoms with Crippen molar-refractivity contribution in [3.63, 3.8) is 0 Å². The van der Waals surface area contributed by atoms with Gasteiger partial charge in [0.1, 0.15) is 0 Å². The van der Waals surface area contributed by atoms with Gasteiger partial charge in [0.05, 0.1) is 15.6 Å².